The molecule has 0 aromatic carbocycles. The Bertz CT molecular complexity index is 668. The summed E-state index contributed by atoms with van der Waals surface area (Å²) in [5, 5.41) is 109. The maximum absolute atomic E-state index is 10.7. The summed E-state index contributed by atoms with van der Waals surface area (Å²) in [5.74, 6) is -4.84. The predicted molar refractivity (Wildman–Crippen MR) is 101 cm³/mol. The second-order valence-corrected chi connectivity index (χ2v) is 8.43. The number of aliphatic hydroxyl groups excluding tert-OH is 11. The van der Waals surface area contributed by atoms with E-state index in [1.54, 1.807) is 0 Å². The summed E-state index contributed by atoms with van der Waals surface area (Å²) in [6.45, 7) is -4.40. The van der Waals surface area contributed by atoms with Crippen LogP contribution in [0.2, 0.25) is 0 Å². The minimum Gasteiger partial charge on any atom is -0.394 e. The van der Waals surface area contributed by atoms with Gasteiger partial charge in [0.15, 0.2) is 6.29 Å². The van der Waals surface area contributed by atoms with Gasteiger partial charge in [-0.25, -0.2) is 0 Å². The zero-order chi connectivity index (χ0) is 25.4. The van der Waals surface area contributed by atoms with E-state index >= 15 is 0 Å². The first-order valence-electron chi connectivity index (χ1n) is 10.5. The van der Waals surface area contributed by atoms with Crippen molar-refractivity contribution in [3.8, 4) is 0 Å². The van der Waals surface area contributed by atoms with E-state index in [1.165, 1.54) is 0 Å². The molecule has 3 aliphatic rings. The Morgan fingerprint density at radius 2 is 1.09 bits per heavy atom. The Hall–Kier alpha value is -0.640. The van der Waals surface area contributed by atoms with Crippen LogP contribution in [0.3, 0.4) is 0 Å². The molecule has 0 amide bonds. The molecule has 11 N–H and O–H groups in total. The first-order valence-corrected chi connectivity index (χ1v) is 10.5. The quantitative estimate of drug-likeness (QED) is 0.139. The van der Waals surface area contributed by atoms with Crippen molar-refractivity contribution in [1.29, 1.82) is 0 Å². The summed E-state index contributed by atoms with van der Waals surface area (Å²) in [5.41, 5.74) is 0. The van der Waals surface area contributed by atoms with Crippen LogP contribution in [0, 0.1) is 0 Å². The smallest absolute Gasteiger partial charge is 0.224 e. The SMILES string of the molecule is OC[C@@H]1O[C@@](CO)(OC[C@@]2(O[C@H]3O[C@H](CO)[C@H](O)[C@H](O)[C@H]3O)O[C@@H](CO)[C@H](O)[C@@H]2O)[C@@H](O)[C@H]1O. The number of ether oxygens (including phenoxy) is 5. The number of rotatable bonds is 9. The zero-order valence-corrected chi connectivity index (χ0v) is 17.8. The summed E-state index contributed by atoms with van der Waals surface area (Å²) in [7, 11) is 0. The molecule has 0 spiro atoms. The van der Waals surface area contributed by atoms with Crippen molar-refractivity contribution >= 4 is 0 Å². The first-order chi connectivity index (χ1) is 16.0. The van der Waals surface area contributed by atoms with Gasteiger partial charge in [0.05, 0.1) is 19.8 Å². The van der Waals surface area contributed by atoms with Gasteiger partial charge in [0.2, 0.25) is 11.6 Å². The van der Waals surface area contributed by atoms with Gasteiger partial charge in [0.1, 0.15) is 74.3 Å². The van der Waals surface area contributed by atoms with Gasteiger partial charge in [-0.3, -0.25) is 0 Å². The van der Waals surface area contributed by atoms with Crippen LogP contribution in [-0.4, -0.2) is 168 Å². The Morgan fingerprint density at radius 1 is 0.588 bits per heavy atom. The minimum atomic E-state index is -2.49. The minimum absolute atomic E-state index is 0.750. The van der Waals surface area contributed by atoms with Crippen LogP contribution in [0.4, 0.5) is 0 Å². The summed E-state index contributed by atoms with van der Waals surface area (Å²) in [4.78, 5) is 0. The largest absolute Gasteiger partial charge is 0.394 e. The molecule has 3 saturated heterocycles. The summed E-state index contributed by atoms with van der Waals surface area (Å²) >= 11 is 0. The van der Waals surface area contributed by atoms with Crippen LogP contribution in [0.5, 0.6) is 0 Å². The van der Waals surface area contributed by atoms with Crippen molar-refractivity contribution < 1.29 is 79.9 Å². The van der Waals surface area contributed by atoms with Gasteiger partial charge in [-0.2, -0.15) is 0 Å². The molecule has 0 aromatic heterocycles. The summed E-state index contributed by atoms with van der Waals surface area (Å²) < 4.78 is 26.9. The van der Waals surface area contributed by atoms with Gasteiger partial charge in [0, 0.05) is 0 Å². The Morgan fingerprint density at radius 3 is 1.56 bits per heavy atom. The standard InChI is InChI=1S/C18H32O16/c19-1-6-9(23)12(26)13(27)16(31-6)34-18(15(29)11(25)8(3-21)33-18)5-30-17(4-22)14(28)10(24)7(2-20)32-17/h6-16,19-29H,1-5H2/t6-,7+,8+,9+,10+,11+,12+,13-,14+,15+,16-,17-,18+/m1/s1. The molecule has 3 heterocycles. The molecular formula is C18H32O16. The van der Waals surface area contributed by atoms with Crippen molar-refractivity contribution in [2.75, 3.05) is 33.0 Å². The first kappa shape index (κ1) is 27.9. The van der Waals surface area contributed by atoms with Gasteiger partial charge in [-0.15, -0.1) is 0 Å². The molecule has 0 aromatic rings. The molecule has 3 rings (SSSR count). The fourth-order valence-corrected chi connectivity index (χ4v) is 4.14. The molecule has 0 radical (unpaired) electrons. The molecular weight excluding hydrogens is 472 g/mol. The van der Waals surface area contributed by atoms with E-state index in [9.17, 15) is 56.2 Å². The van der Waals surface area contributed by atoms with Gasteiger partial charge < -0.3 is 79.9 Å². The summed E-state index contributed by atoms with van der Waals surface area (Å²) in [6.07, 6.45) is -19.0. The second-order valence-electron chi connectivity index (χ2n) is 8.43. The molecule has 0 aliphatic carbocycles. The molecule has 16 nitrogen and oxygen atoms in total. The van der Waals surface area contributed by atoms with E-state index in [-0.39, 0.29) is 0 Å². The van der Waals surface area contributed by atoms with Crippen molar-refractivity contribution in [2.45, 2.75) is 78.9 Å². The Kier molecular flexibility index (Phi) is 8.85. The number of aliphatic hydroxyl groups is 11. The van der Waals surface area contributed by atoms with E-state index < -0.39 is 112 Å². The third-order valence-electron chi connectivity index (χ3n) is 6.27. The molecule has 0 bridgehead atoms. The monoisotopic (exact) mass is 504 g/mol. The second kappa shape index (κ2) is 10.8. The van der Waals surface area contributed by atoms with Crippen LogP contribution in [-0.2, 0) is 23.7 Å². The van der Waals surface area contributed by atoms with E-state index in [0.29, 0.717) is 0 Å². The third-order valence-corrected chi connectivity index (χ3v) is 6.27. The number of hydrogen-bond acceptors (Lipinski definition) is 16. The Balaban J connectivity index is 1.87. The highest BCUT2D eigenvalue weighted by atomic mass is 16.8. The molecule has 13 atom stereocenters. The Labute approximate surface area is 192 Å². The highest BCUT2D eigenvalue weighted by molar-refractivity contribution is 5.01. The molecule has 34 heavy (non-hydrogen) atoms. The average molecular weight is 504 g/mol. The lowest BCUT2D eigenvalue weighted by Crippen LogP contribution is -2.63. The van der Waals surface area contributed by atoms with Crippen LogP contribution < -0.4 is 0 Å². The van der Waals surface area contributed by atoms with Crippen LogP contribution >= 0.6 is 0 Å². The topological polar surface area (TPSA) is 269 Å². The lowest BCUT2D eigenvalue weighted by atomic mass is 9.99. The van der Waals surface area contributed by atoms with Gasteiger partial charge in [0.25, 0.3) is 0 Å². The lowest BCUT2D eigenvalue weighted by Gasteiger charge is -2.44. The number of hydrogen-bond donors (Lipinski definition) is 11. The molecule has 16 heteroatoms. The van der Waals surface area contributed by atoms with Crippen molar-refractivity contribution in [3.63, 3.8) is 0 Å². The predicted octanol–water partition coefficient (Wildman–Crippen LogP) is -7.57. The van der Waals surface area contributed by atoms with Crippen molar-refractivity contribution in [2.24, 2.45) is 0 Å². The zero-order valence-electron chi connectivity index (χ0n) is 17.8. The van der Waals surface area contributed by atoms with Crippen LogP contribution in [0.25, 0.3) is 0 Å². The van der Waals surface area contributed by atoms with Crippen LogP contribution in [0.1, 0.15) is 0 Å². The fourth-order valence-electron chi connectivity index (χ4n) is 4.14. The molecule has 0 unspecified atom stereocenters. The lowest BCUT2D eigenvalue weighted by molar-refractivity contribution is -0.399. The highest BCUT2D eigenvalue weighted by Crippen LogP contribution is 2.39. The van der Waals surface area contributed by atoms with E-state index in [2.05, 4.69) is 0 Å². The van der Waals surface area contributed by atoms with Crippen molar-refractivity contribution in [3.05, 3.63) is 0 Å². The highest BCUT2D eigenvalue weighted by Gasteiger charge is 2.62. The van der Waals surface area contributed by atoms with E-state index in [1.807, 2.05) is 0 Å². The summed E-state index contributed by atoms with van der Waals surface area (Å²) in [6, 6.07) is 0. The van der Waals surface area contributed by atoms with Gasteiger partial charge in [-0.1, -0.05) is 0 Å². The van der Waals surface area contributed by atoms with Gasteiger partial charge >= 0.3 is 0 Å². The van der Waals surface area contributed by atoms with E-state index in [0.717, 1.165) is 0 Å². The third kappa shape index (κ3) is 4.71. The molecule has 3 aliphatic heterocycles. The normalized spacial score (nSPS) is 51.8. The van der Waals surface area contributed by atoms with E-state index in [4.69, 9.17) is 23.7 Å². The molecule has 200 valence electrons. The maximum atomic E-state index is 10.7. The molecule has 3 fully saturated rings. The fraction of sp³-hybridized carbons (Fsp3) is 1.00. The van der Waals surface area contributed by atoms with Crippen molar-refractivity contribution in [1.82, 2.24) is 0 Å². The van der Waals surface area contributed by atoms with Gasteiger partial charge in [-0.05, 0) is 0 Å². The van der Waals surface area contributed by atoms with Crippen LogP contribution in [0.15, 0.2) is 0 Å². The molecule has 0 saturated carbocycles. The maximum Gasteiger partial charge on any atom is 0.224 e. The average Bonchev–Trinajstić information content (AvgIpc) is 3.23.